The topological polar surface area (TPSA) is 68.0 Å². The molecule has 1 N–H and O–H groups in total. The van der Waals surface area contributed by atoms with E-state index in [1.165, 1.54) is 10.9 Å². The molecule has 2 aromatic heterocycles. The van der Waals surface area contributed by atoms with Crippen molar-refractivity contribution < 1.29 is 5.11 Å². The van der Waals surface area contributed by atoms with Gasteiger partial charge < -0.3 is 5.11 Å². The molecule has 5 nitrogen and oxygen atoms in total. The molecular weight excluding hydrogens is 250 g/mol. The zero-order chi connectivity index (χ0) is 12.5. The fourth-order valence-corrected chi connectivity index (χ4v) is 2.38. The highest BCUT2D eigenvalue weighted by molar-refractivity contribution is 7.13. The second-order valence-electron chi connectivity index (χ2n) is 3.79. The Kier molecular flexibility index (Phi) is 2.66. The Bertz CT molecular complexity index is 763. The lowest BCUT2D eigenvalue weighted by Gasteiger charge is -2.06. The Morgan fingerprint density at radius 2 is 2.28 bits per heavy atom. The number of aromatic nitrogens is 3. The van der Waals surface area contributed by atoms with Gasteiger partial charge in [0.25, 0.3) is 5.56 Å². The first-order chi connectivity index (χ1) is 8.79. The smallest absolute Gasteiger partial charge is 0.277 e. The monoisotopic (exact) mass is 259 g/mol. The van der Waals surface area contributed by atoms with Gasteiger partial charge in [-0.15, -0.1) is 0 Å². The molecule has 0 spiro atoms. The first kappa shape index (κ1) is 11.1. The zero-order valence-electron chi connectivity index (χ0n) is 9.28. The molecule has 0 aliphatic carbocycles. The summed E-state index contributed by atoms with van der Waals surface area (Å²) in [5.41, 5.74) is 1.91. The predicted octanol–water partition coefficient (Wildman–Crippen LogP) is 1.33. The van der Waals surface area contributed by atoms with Gasteiger partial charge in [0.2, 0.25) is 0 Å². The van der Waals surface area contributed by atoms with Crippen molar-refractivity contribution in [2.45, 2.75) is 6.61 Å². The Morgan fingerprint density at radius 3 is 3.11 bits per heavy atom. The third-order valence-electron chi connectivity index (χ3n) is 2.65. The van der Waals surface area contributed by atoms with Crippen LogP contribution in [0, 0.1) is 0 Å². The van der Waals surface area contributed by atoms with Gasteiger partial charge in [0.1, 0.15) is 16.5 Å². The van der Waals surface area contributed by atoms with E-state index in [1.54, 1.807) is 30.5 Å². The molecule has 0 aliphatic rings. The lowest BCUT2D eigenvalue weighted by molar-refractivity contribution is 0.282. The Morgan fingerprint density at radius 1 is 1.39 bits per heavy atom. The van der Waals surface area contributed by atoms with Gasteiger partial charge in [-0.1, -0.05) is 12.1 Å². The molecule has 90 valence electrons. The molecule has 6 heteroatoms. The number of nitrogens with zero attached hydrogens (tertiary/aromatic N) is 3. The van der Waals surface area contributed by atoms with Crippen molar-refractivity contribution in [3.05, 3.63) is 52.7 Å². The van der Waals surface area contributed by atoms with E-state index in [1.807, 2.05) is 0 Å². The van der Waals surface area contributed by atoms with Crippen LogP contribution in [0.4, 0.5) is 0 Å². The van der Waals surface area contributed by atoms with Crippen LogP contribution in [0.5, 0.6) is 0 Å². The Hall–Kier alpha value is -2.05. The lowest BCUT2D eigenvalue weighted by atomic mass is 10.2. The van der Waals surface area contributed by atoms with Gasteiger partial charge in [-0.05, 0) is 29.2 Å². The summed E-state index contributed by atoms with van der Waals surface area (Å²) in [6.07, 6.45) is 3.06. The lowest BCUT2D eigenvalue weighted by Crippen LogP contribution is -2.17. The minimum absolute atomic E-state index is 0.0567. The molecule has 0 amide bonds. The van der Waals surface area contributed by atoms with Crippen molar-refractivity contribution in [3.8, 4) is 5.69 Å². The molecule has 0 radical (unpaired) electrons. The second-order valence-corrected chi connectivity index (χ2v) is 4.59. The summed E-state index contributed by atoms with van der Waals surface area (Å²) in [7, 11) is 0. The van der Waals surface area contributed by atoms with Gasteiger partial charge >= 0.3 is 0 Å². The van der Waals surface area contributed by atoms with Crippen LogP contribution >= 0.6 is 11.5 Å². The molecule has 0 unspecified atom stereocenters. The maximum atomic E-state index is 12.2. The van der Waals surface area contributed by atoms with Gasteiger partial charge in [0, 0.05) is 0 Å². The zero-order valence-corrected chi connectivity index (χ0v) is 10.1. The van der Waals surface area contributed by atoms with E-state index < -0.39 is 0 Å². The molecule has 3 rings (SSSR count). The standard InChI is InChI=1S/C12H9N3O2S/c16-6-8-2-1-3-9(4-8)15-7-13-10-5-14-18-11(10)12(15)17/h1-5,7,16H,6H2. The molecule has 0 aliphatic heterocycles. The van der Waals surface area contributed by atoms with Crippen LogP contribution < -0.4 is 5.56 Å². The summed E-state index contributed by atoms with van der Waals surface area (Å²) in [5, 5.41) is 9.11. The highest BCUT2D eigenvalue weighted by Gasteiger charge is 2.07. The number of rotatable bonds is 2. The highest BCUT2D eigenvalue weighted by atomic mass is 32.1. The van der Waals surface area contributed by atoms with E-state index in [0.717, 1.165) is 17.1 Å². The van der Waals surface area contributed by atoms with Gasteiger partial charge in [-0.2, -0.15) is 4.37 Å². The third-order valence-corrected chi connectivity index (χ3v) is 3.43. The number of hydrogen-bond donors (Lipinski definition) is 1. The van der Waals surface area contributed by atoms with E-state index in [0.29, 0.717) is 15.9 Å². The largest absolute Gasteiger partial charge is 0.392 e. The summed E-state index contributed by atoms with van der Waals surface area (Å²) in [4.78, 5) is 16.4. The van der Waals surface area contributed by atoms with Crippen LogP contribution in [0.15, 0.2) is 41.6 Å². The minimum atomic E-state index is -0.141. The minimum Gasteiger partial charge on any atom is -0.392 e. The van der Waals surface area contributed by atoms with E-state index >= 15 is 0 Å². The van der Waals surface area contributed by atoms with Gasteiger partial charge in [-0.25, -0.2) is 4.98 Å². The fourth-order valence-electron chi connectivity index (χ4n) is 1.75. The normalized spacial score (nSPS) is 10.9. The molecule has 18 heavy (non-hydrogen) atoms. The Labute approximate surface area is 106 Å². The quantitative estimate of drug-likeness (QED) is 0.754. The average molecular weight is 259 g/mol. The second kappa shape index (κ2) is 4.32. The molecular formula is C12H9N3O2S. The summed E-state index contributed by atoms with van der Waals surface area (Å²) in [5.74, 6) is 0. The van der Waals surface area contributed by atoms with Crippen LogP contribution in [0.2, 0.25) is 0 Å². The van der Waals surface area contributed by atoms with Crippen LogP contribution in [0.3, 0.4) is 0 Å². The van der Waals surface area contributed by atoms with E-state index in [9.17, 15) is 4.79 Å². The van der Waals surface area contributed by atoms with Crippen LogP contribution in [-0.4, -0.2) is 19.0 Å². The number of hydrogen-bond acceptors (Lipinski definition) is 5. The first-order valence-corrected chi connectivity index (χ1v) is 6.09. The van der Waals surface area contributed by atoms with E-state index in [-0.39, 0.29) is 12.2 Å². The molecule has 1 aromatic carbocycles. The van der Waals surface area contributed by atoms with Crippen molar-refractivity contribution in [2.24, 2.45) is 0 Å². The number of fused-ring (bicyclic) bond motifs is 1. The summed E-state index contributed by atoms with van der Waals surface area (Å²) >= 11 is 1.14. The van der Waals surface area contributed by atoms with E-state index in [4.69, 9.17) is 5.11 Å². The molecule has 0 atom stereocenters. The van der Waals surface area contributed by atoms with Gasteiger partial charge in [0.15, 0.2) is 0 Å². The van der Waals surface area contributed by atoms with Crippen molar-refractivity contribution in [1.82, 2.24) is 13.9 Å². The van der Waals surface area contributed by atoms with Crippen molar-refractivity contribution in [1.29, 1.82) is 0 Å². The number of benzene rings is 1. The third kappa shape index (κ3) is 1.71. The summed E-state index contributed by atoms with van der Waals surface area (Å²) < 4.78 is 5.95. The maximum Gasteiger partial charge on any atom is 0.277 e. The molecule has 0 saturated carbocycles. The van der Waals surface area contributed by atoms with Gasteiger partial charge in [0.05, 0.1) is 18.5 Å². The van der Waals surface area contributed by atoms with Crippen LogP contribution in [-0.2, 0) is 6.61 Å². The molecule has 0 fully saturated rings. The molecule has 2 heterocycles. The van der Waals surface area contributed by atoms with Crippen molar-refractivity contribution >= 4 is 21.7 Å². The summed E-state index contributed by atoms with van der Waals surface area (Å²) in [6.45, 7) is -0.0567. The van der Waals surface area contributed by atoms with Crippen LogP contribution in [0.25, 0.3) is 15.9 Å². The SMILES string of the molecule is O=c1c2sncc2ncn1-c1cccc(CO)c1. The summed E-state index contributed by atoms with van der Waals surface area (Å²) in [6, 6.07) is 7.16. The number of aliphatic hydroxyl groups is 1. The molecule has 0 saturated heterocycles. The Balaban J connectivity index is 2.24. The van der Waals surface area contributed by atoms with Crippen molar-refractivity contribution in [2.75, 3.05) is 0 Å². The average Bonchev–Trinajstić information content (AvgIpc) is 2.88. The van der Waals surface area contributed by atoms with Gasteiger partial charge in [-0.3, -0.25) is 9.36 Å². The highest BCUT2D eigenvalue weighted by Crippen LogP contribution is 2.13. The predicted molar refractivity (Wildman–Crippen MR) is 68.9 cm³/mol. The molecule has 3 aromatic rings. The maximum absolute atomic E-state index is 12.2. The molecule has 0 bridgehead atoms. The fraction of sp³-hybridized carbons (Fsp3) is 0.0833. The van der Waals surface area contributed by atoms with Crippen LogP contribution in [0.1, 0.15) is 5.56 Å². The first-order valence-electron chi connectivity index (χ1n) is 5.32. The van der Waals surface area contributed by atoms with E-state index in [2.05, 4.69) is 9.36 Å². The number of aliphatic hydroxyl groups excluding tert-OH is 1. The van der Waals surface area contributed by atoms with Crippen molar-refractivity contribution in [3.63, 3.8) is 0 Å².